The van der Waals surface area contributed by atoms with Crippen LogP contribution in [0.5, 0.6) is 0 Å². The molecule has 5 N–H and O–H groups in total. The van der Waals surface area contributed by atoms with Crippen LogP contribution in [0, 0.1) is 17.7 Å². The SMILES string of the molecule is CC(=O)CC(NCC1CCCCC1)c1ccc2c(c1)nc(-c1ccc(N3CCOCC3)cc1)n2Cc1ccc(Br)cc1.CC(=O)CC(NCC1CCCCC1)c1ccc2c(c1)nc(-c1ccc(N3CCOCC3)cc1)n2Cc1ccc(C(F)(F)F)c(F)c1.CC(=O)CC(NCc1ccc(Cl)c(Cl)c1)c1ccc2c(c1)nc(-c1ccc(N(CCO)CCO)cc1)n2Cc1ccc(Br)cc1. The quantitative estimate of drug-likeness (QED) is 0.0238. The Morgan fingerprint density at radius 2 is 0.820 bits per heavy atom. The lowest BCUT2D eigenvalue weighted by molar-refractivity contribution is -0.140. The predicted molar refractivity (Wildman–Crippen MR) is 532 cm³/mol. The van der Waals surface area contributed by atoms with Gasteiger partial charge in [0.05, 0.1) is 88.4 Å². The minimum absolute atomic E-state index is 0.00000463. The maximum Gasteiger partial charge on any atom is 0.419 e. The monoisotopic (exact) mass is 1970 g/mol. The first-order chi connectivity index (χ1) is 64.4. The molecular weight excluding hydrogens is 1860 g/mol. The minimum Gasteiger partial charge on any atom is -0.395 e. The second kappa shape index (κ2) is 46.5. The van der Waals surface area contributed by atoms with Gasteiger partial charge in [-0.25, -0.2) is 19.3 Å². The largest absolute Gasteiger partial charge is 0.419 e. The van der Waals surface area contributed by atoms with Crippen molar-refractivity contribution in [2.45, 2.75) is 155 Å². The van der Waals surface area contributed by atoms with Crippen LogP contribution in [0.2, 0.25) is 10.0 Å². The van der Waals surface area contributed by atoms with E-state index in [-0.39, 0.29) is 55.2 Å². The molecule has 0 amide bonds. The van der Waals surface area contributed by atoms with Crippen molar-refractivity contribution >= 4 is 123 Å². The molecule has 17 rings (SSSR count). The second-order valence-electron chi connectivity index (χ2n) is 35.5. The Morgan fingerprint density at radius 3 is 1.19 bits per heavy atom. The first kappa shape index (κ1) is 97.5. The molecule has 2 saturated heterocycles. The zero-order valence-corrected chi connectivity index (χ0v) is 80.2. The molecule has 0 spiro atoms. The zero-order valence-electron chi connectivity index (χ0n) is 75.5. The van der Waals surface area contributed by atoms with Crippen molar-refractivity contribution in [1.82, 2.24) is 44.6 Å². The molecule has 27 heteroatoms. The van der Waals surface area contributed by atoms with Crippen molar-refractivity contribution < 1.29 is 51.6 Å². The molecule has 4 fully saturated rings. The van der Waals surface area contributed by atoms with E-state index in [4.69, 9.17) is 47.6 Å². The van der Waals surface area contributed by atoms with Gasteiger partial charge in [0.1, 0.15) is 40.6 Å². The number of imidazole rings is 3. The van der Waals surface area contributed by atoms with Gasteiger partial charge in [0.2, 0.25) is 0 Å². The summed E-state index contributed by atoms with van der Waals surface area (Å²) in [5.41, 5.74) is 16.9. The maximum absolute atomic E-state index is 14.6. The van der Waals surface area contributed by atoms with E-state index in [0.29, 0.717) is 97.4 Å². The number of ketones is 3. The number of nitrogens with zero attached hydrogens (tertiary/aromatic N) is 9. The molecule has 3 aromatic heterocycles. The normalized spacial score (nSPS) is 15.3. The highest BCUT2D eigenvalue weighted by atomic mass is 79.9. The molecule has 13 aromatic rings. The summed E-state index contributed by atoms with van der Waals surface area (Å²) < 4.78 is 74.0. The summed E-state index contributed by atoms with van der Waals surface area (Å²) in [4.78, 5) is 58.8. The Bertz CT molecular complexity index is 6070. The van der Waals surface area contributed by atoms with E-state index in [9.17, 15) is 42.2 Å². The highest BCUT2D eigenvalue weighted by molar-refractivity contribution is 9.10. The first-order valence-electron chi connectivity index (χ1n) is 46.4. The van der Waals surface area contributed by atoms with Crippen molar-refractivity contribution in [3.8, 4) is 34.2 Å². The molecule has 2 saturated carbocycles. The van der Waals surface area contributed by atoms with Gasteiger partial charge in [-0.05, 0) is 268 Å². The lowest BCUT2D eigenvalue weighted by Gasteiger charge is -2.28. The number of carbonyl (C=O) groups is 3. The summed E-state index contributed by atoms with van der Waals surface area (Å²) in [6.07, 6.45) is 9.14. The number of nitrogens with one attached hydrogen (secondary N) is 3. The number of carbonyl (C=O) groups excluding carboxylic acids is 3. The van der Waals surface area contributed by atoms with E-state index < -0.39 is 17.6 Å². The summed E-state index contributed by atoms with van der Waals surface area (Å²) in [5, 5.41) is 30.9. The Hall–Kier alpha value is -10.0. The number of halogens is 8. The van der Waals surface area contributed by atoms with Gasteiger partial charge in [-0.15, -0.1) is 0 Å². The fraction of sp³-hybridized carbons (Fsp3) is 0.377. The second-order valence-corrected chi connectivity index (χ2v) is 38.1. The van der Waals surface area contributed by atoms with Crippen LogP contribution in [0.25, 0.3) is 67.3 Å². The Labute approximate surface area is 802 Å². The topological polar surface area (TPSA) is 209 Å². The van der Waals surface area contributed by atoms with Crippen LogP contribution in [0.1, 0.15) is 167 Å². The van der Waals surface area contributed by atoms with Gasteiger partial charge in [0, 0.05) is 146 Å². The van der Waals surface area contributed by atoms with Crippen LogP contribution in [-0.2, 0) is 56.2 Å². The van der Waals surface area contributed by atoms with Gasteiger partial charge < -0.3 is 64.0 Å². The lowest BCUT2D eigenvalue weighted by Crippen LogP contribution is -2.36. The van der Waals surface area contributed by atoms with E-state index in [1.807, 2.05) is 100 Å². The molecule has 698 valence electrons. The van der Waals surface area contributed by atoms with Gasteiger partial charge in [-0.2, -0.15) is 13.2 Å². The third kappa shape index (κ3) is 26.0. The highest BCUT2D eigenvalue weighted by Gasteiger charge is 2.35. The number of aromatic nitrogens is 6. The number of ether oxygens (including phenoxy) is 2. The number of anilines is 3. The minimum atomic E-state index is -4.77. The summed E-state index contributed by atoms with van der Waals surface area (Å²) in [6.45, 7) is 15.9. The summed E-state index contributed by atoms with van der Waals surface area (Å²) >= 11 is 19.4. The fourth-order valence-electron chi connectivity index (χ4n) is 18.6. The average molecular weight is 1980 g/mol. The number of morpholine rings is 2. The molecule has 10 aromatic carbocycles. The first-order valence-corrected chi connectivity index (χ1v) is 48.7. The van der Waals surface area contributed by atoms with Crippen LogP contribution in [-0.4, -0.2) is 148 Å². The number of hydrogen-bond donors (Lipinski definition) is 5. The molecule has 133 heavy (non-hydrogen) atoms. The molecule has 4 aliphatic rings. The Balaban J connectivity index is 0.000000152. The molecule has 2 aliphatic carbocycles. The number of rotatable bonds is 34. The van der Waals surface area contributed by atoms with Gasteiger partial charge in [-0.1, -0.05) is 148 Å². The van der Waals surface area contributed by atoms with E-state index >= 15 is 0 Å². The Kier molecular flexibility index (Phi) is 34.1. The number of aliphatic hydroxyl groups is 2. The average Bonchev–Trinajstić information content (AvgIpc) is 1.63. The molecule has 2 aliphatic heterocycles. The number of Topliss-reactive ketones (excluding diaryl/α,β-unsaturated/α-hetero) is 3. The van der Waals surface area contributed by atoms with Crippen LogP contribution < -0.4 is 30.7 Å². The van der Waals surface area contributed by atoms with Gasteiger partial charge >= 0.3 is 6.18 Å². The number of aliphatic hydroxyl groups excluding tert-OH is 2. The summed E-state index contributed by atoms with van der Waals surface area (Å²) in [7, 11) is 0. The van der Waals surface area contributed by atoms with Crippen molar-refractivity contribution in [2.75, 3.05) is 107 Å². The maximum atomic E-state index is 14.6. The smallest absolute Gasteiger partial charge is 0.395 e. The predicted octanol–water partition coefficient (Wildman–Crippen LogP) is 22.9. The third-order valence-electron chi connectivity index (χ3n) is 25.7. The van der Waals surface area contributed by atoms with Crippen molar-refractivity contribution in [3.63, 3.8) is 0 Å². The van der Waals surface area contributed by atoms with E-state index in [0.717, 1.165) is 175 Å². The lowest BCUT2D eigenvalue weighted by atomic mass is 9.89. The van der Waals surface area contributed by atoms with Crippen LogP contribution in [0.3, 0.4) is 0 Å². The number of benzene rings is 10. The van der Waals surface area contributed by atoms with Crippen LogP contribution >= 0.6 is 55.1 Å². The van der Waals surface area contributed by atoms with E-state index in [1.165, 1.54) is 81.5 Å². The molecule has 0 radical (unpaired) electrons. The van der Waals surface area contributed by atoms with Crippen molar-refractivity contribution in [2.24, 2.45) is 11.8 Å². The number of hydrogen-bond acceptors (Lipinski definition) is 16. The molecule has 3 atom stereocenters. The van der Waals surface area contributed by atoms with Crippen molar-refractivity contribution in [3.05, 3.63) is 282 Å². The molecular formula is C106H116Br2Cl2F4N12O7. The molecule has 19 nitrogen and oxygen atoms in total. The molecule has 0 bridgehead atoms. The number of alkyl halides is 3. The van der Waals surface area contributed by atoms with Gasteiger partial charge in [-0.3, -0.25) is 14.4 Å². The standard InChI is InChI=1S/C36H40F4N4O2.C35H35BrCl2N4O3.C35H41BrN4O2/c1-24(45)19-32(41-22-25-5-3-2-4-6-25)28-10-14-34-33(21-28)42-35(27-8-11-29(12-9-27)43-15-17-46-18-16-43)44(34)23-26-7-13-30(31(37)20-26)36(38,39)40;1-23(45)18-32(39-21-25-4-12-30(37)31(38)19-25)27-7-13-34-33(20-27)40-35(42(34)22-24-2-8-28(36)9-3-24)26-5-10-29(11-6-26)41(14-16-43)15-17-44;1-25(41)21-32(37-23-26-5-3-2-4-6-26)29-11-16-34-33(22-29)38-35(40(34)24-27-7-12-30(36)13-8-27)28-9-14-31(15-10-28)39-17-19-42-20-18-39/h7-14,20-21,25,32,41H,2-6,15-19,22-23H2,1H3;2-13,19-20,32,39,43-44H,14-18,21-22H2,1H3;7-16,22,26,32,37H,2-6,17-21,23-24H2,1H3. The van der Waals surface area contributed by atoms with Crippen molar-refractivity contribution in [1.29, 1.82) is 0 Å². The zero-order chi connectivity index (χ0) is 93.1. The van der Waals surface area contributed by atoms with Gasteiger partial charge in [0.15, 0.2) is 0 Å². The van der Waals surface area contributed by atoms with E-state index in [1.54, 1.807) is 26.8 Å². The highest BCUT2D eigenvalue weighted by Crippen LogP contribution is 2.39. The van der Waals surface area contributed by atoms with Crippen LogP contribution in [0.15, 0.2) is 221 Å². The van der Waals surface area contributed by atoms with Crippen LogP contribution in [0.4, 0.5) is 34.6 Å². The fourth-order valence-corrected chi connectivity index (χ4v) is 19.5. The summed E-state index contributed by atoms with van der Waals surface area (Å²) in [6, 6.07) is 68.5. The third-order valence-corrected chi connectivity index (χ3v) is 27.5. The Morgan fingerprint density at radius 1 is 0.451 bits per heavy atom. The number of fused-ring (bicyclic) bond motifs is 3. The van der Waals surface area contributed by atoms with E-state index in [2.05, 4.69) is 164 Å². The molecule has 5 heterocycles. The molecule has 3 unspecified atom stereocenters. The van der Waals surface area contributed by atoms with Gasteiger partial charge in [0.25, 0.3) is 0 Å². The summed E-state index contributed by atoms with van der Waals surface area (Å²) in [5.74, 6) is 2.78.